The summed E-state index contributed by atoms with van der Waals surface area (Å²) < 4.78 is 29.4. The van der Waals surface area contributed by atoms with Crippen LogP contribution in [0, 0.1) is 0 Å². The maximum atomic E-state index is 12.2. The van der Waals surface area contributed by atoms with Crippen molar-refractivity contribution in [3.8, 4) is 5.75 Å². The Kier molecular flexibility index (Phi) is 5.48. The van der Waals surface area contributed by atoms with Crippen LogP contribution in [-0.4, -0.2) is 20.9 Å². The lowest BCUT2D eigenvalue weighted by atomic mass is 10.3. The van der Waals surface area contributed by atoms with Crippen molar-refractivity contribution in [2.45, 2.75) is 4.90 Å². The zero-order valence-electron chi connectivity index (χ0n) is 11.6. The summed E-state index contributed by atoms with van der Waals surface area (Å²) in [5.41, 5.74) is 5.60. The molecule has 0 bridgehead atoms. The highest BCUT2D eigenvalue weighted by Crippen LogP contribution is 2.28. The van der Waals surface area contributed by atoms with Crippen LogP contribution in [0.15, 0.2) is 47.4 Å². The van der Waals surface area contributed by atoms with Gasteiger partial charge in [-0.2, -0.15) is 8.42 Å². The molecule has 2 aromatic rings. The van der Waals surface area contributed by atoms with E-state index in [1.54, 1.807) is 0 Å². The summed E-state index contributed by atoms with van der Waals surface area (Å²) in [7, 11) is -4.03. The quantitative estimate of drug-likeness (QED) is 0.783. The van der Waals surface area contributed by atoms with Crippen molar-refractivity contribution in [3.05, 3.63) is 52.5 Å². The molecule has 0 heterocycles. The Labute approximate surface area is 143 Å². The average molecular weight is 375 g/mol. The lowest BCUT2D eigenvalue weighted by Crippen LogP contribution is -2.21. The van der Waals surface area contributed by atoms with Gasteiger partial charge in [0.1, 0.15) is 10.6 Å². The molecule has 0 aliphatic rings. The standard InChI is InChI=1S/C14H12Cl2N2O4S/c15-12-6-3-10(7-13(12)16)22-23(20,21)11-4-1-9(2-5-11)18-14(19)8-17/h1-7H,8,17H2,(H,18,19). The molecule has 3 N–H and O–H groups in total. The van der Waals surface area contributed by atoms with Gasteiger partial charge in [0.05, 0.1) is 16.6 Å². The van der Waals surface area contributed by atoms with Crippen molar-refractivity contribution >= 4 is 44.9 Å². The zero-order chi connectivity index (χ0) is 17.0. The second-order valence-corrected chi connectivity index (χ2v) is 6.75. The average Bonchev–Trinajstić information content (AvgIpc) is 2.51. The molecule has 2 aromatic carbocycles. The molecule has 0 unspecified atom stereocenters. The lowest BCUT2D eigenvalue weighted by molar-refractivity contribution is -0.114. The number of amides is 1. The van der Waals surface area contributed by atoms with E-state index < -0.39 is 10.1 Å². The molecule has 122 valence electrons. The van der Waals surface area contributed by atoms with E-state index in [-0.39, 0.29) is 33.1 Å². The fraction of sp³-hybridized carbons (Fsp3) is 0.0714. The second kappa shape index (κ2) is 7.18. The molecule has 1 amide bonds. The molecule has 0 aromatic heterocycles. The van der Waals surface area contributed by atoms with E-state index in [2.05, 4.69) is 5.32 Å². The Hall–Kier alpha value is -1.80. The number of nitrogens with two attached hydrogens (primary N) is 1. The summed E-state index contributed by atoms with van der Waals surface area (Å²) in [4.78, 5) is 11.1. The van der Waals surface area contributed by atoms with Crippen LogP contribution < -0.4 is 15.2 Å². The topological polar surface area (TPSA) is 98.5 Å². The fourth-order valence-corrected chi connectivity index (χ4v) is 2.83. The Morgan fingerprint density at radius 2 is 1.74 bits per heavy atom. The van der Waals surface area contributed by atoms with Gasteiger partial charge >= 0.3 is 10.1 Å². The fourth-order valence-electron chi connectivity index (χ4n) is 1.62. The molecular formula is C14H12Cl2N2O4S. The van der Waals surface area contributed by atoms with Crippen LogP contribution in [0.4, 0.5) is 5.69 Å². The van der Waals surface area contributed by atoms with Gasteiger partial charge in [0.15, 0.2) is 0 Å². The van der Waals surface area contributed by atoms with E-state index >= 15 is 0 Å². The van der Waals surface area contributed by atoms with Crippen molar-refractivity contribution in [2.24, 2.45) is 5.73 Å². The molecule has 0 saturated heterocycles. The number of nitrogens with one attached hydrogen (secondary N) is 1. The molecule has 6 nitrogen and oxygen atoms in total. The number of benzene rings is 2. The zero-order valence-corrected chi connectivity index (χ0v) is 14.0. The molecule has 2 rings (SSSR count). The smallest absolute Gasteiger partial charge is 0.339 e. The van der Waals surface area contributed by atoms with Crippen LogP contribution in [0.1, 0.15) is 0 Å². The van der Waals surface area contributed by atoms with Gasteiger partial charge in [-0.3, -0.25) is 4.79 Å². The normalized spacial score (nSPS) is 11.1. The van der Waals surface area contributed by atoms with Gasteiger partial charge in [0, 0.05) is 11.8 Å². The van der Waals surface area contributed by atoms with E-state index in [9.17, 15) is 13.2 Å². The number of anilines is 1. The van der Waals surface area contributed by atoms with Crippen LogP contribution >= 0.6 is 23.2 Å². The highest BCUT2D eigenvalue weighted by Gasteiger charge is 2.17. The van der Waals surface area contributed by atoms with Gasteiger partial charge in [-0.1, -0.05) is 23.2 Å². The largest absolute Gasteiger partial charge is 0.379 e. The molecule has 0 aliphatic carbocycles. The van der Waals surface area contributed by atoms with E-state index in [1.165, 1.54) is 42.5 Å². The van der Waals surface area contributed by atoms with Gasteiger partial charge < -0.3 is 15.2 Å². The number of carbonyl (C=O) groups excluding carboxylic acids is 1. The SMILES string of the molecule is NCC(=O)Nc1ccc(S(=O)(=O)Oc2ccc(Cl)c(Cl)c2)cc1. The first-order valence-electron chi connectivity index (χ1n) is 6.31. The van der Waals surface area contributed by atoms with Crippen LogP contribution in [0.25, 0.3) is 0 Å². The number of halogens is 2. The van der Waals surface area contributed by atoms with Gasteiger partial charge in [-0.25, -0.2) is 0 Å². The molecule has 0 atom stereocenters. The summed E-state index contributed by atoms with van der Waals surface area (Å²) in [5.74, 6) is -0.340. The molecule has 0 saturated carbocycles. The van der Waals surface area contributed by atoms with Gasteiger partial charge in [0.2, 0.25) is 5.91 Å². The Bertz CT molecular complexity index is 823. The third-order valence-corrected chi connectivity index (χ3v) is 4.71. The molecule has 0 radical (unpaired) electrons. The van der Waals surface area contributed by atoms with Crippen LogP contribution in [-0.2, 0) is 14.9 Å². The minimum Gasteiger partial charge on any atom is -0.379 e. The molecule has 0 aliphatic heterocycles. The summed E-state index contributed by atoms with van der Waals surface area (Å²) in [6, 6.07) is 9.59. The van der Waals surface area contributed by atoms with E-state index in [0.29, 0.717) is 5.69 Å². The molecular weight excluding hydrogens is 363 g/mol. The van der Waals surface area contributed by atoms with E-state index in [0.717, 1.165) is 0 Å². The molecule has 23 heavy (non-hydrogen) atoms. The second-order valence-electron chi connectivity index (χ2n) is 4.39. The predicted molar refractivity (Wildman–Crippen MR) is 88.4 cm³/mol. The third kappa shape index (κ3) is 4.59. The molecule has 9 heteroatoms. The summed E-state index contributed by atoms with van der Waals surface area (Å²) in [6.07, 6.45) is 0. The maximum absolute atomic E-state index is 12.2. The van der Waals surface area contributed by atoms with Crippen molar-refractivity contribution in [2.75, 3.05) is 11.9 Å². The van der Waals surface area contributed by atoms with Crippen molar-refractivity contribution in [3.63, 3.8) is 0 Å². The highest BCUT2D eigenvalue weighted by molar-refractivity contribution is 7.87. The number of hydrogen-bond acceptors (Lipinski definition) is 5. The number of hydrogen-bond donors (Lipinski definition) is 2. The molecule has 0 fully saturated rings. The summed E-state index contributed by atoms with van der Waals surface area (Å²) >= 11 is 11.6. The van der Waals surface area contributed by atoms with E-state index in [4.69, 9.17) is 33.1 Å². The van der Waals surface area contributed by atoms with Crippen molar-refractivity contribution in [1.29, 1.82) is 0 Å². The first-order valence-corrected chi connectivity index (χ1v) is 8.48. The predicted octanol–water partition coefficient (Wildman–Crippen LogP) is 2.66. The Morgan fingerprint density at radius 1 is 1.09 bits per heavy atom. The highest BCUT2D eigenvalue weighted by atomic mass is 35.5. The summed E-state index contributed by atoms with van der Waals surface area (Å²) in [5, 5.41) is 2.97. The monoisotopic (exact) mass is 374 g/mol. The van der Waals surface area contributed by atoms with Crippen LogP contribution in [0.3, 0.4) is 0 Å². The Morgan fingerprint density at radius 3 is 2.30 bits per heavy atom. The lowest BCUT2D eigenvalue weighted by Gasteiger charge is -2.09. The Balaban J connectivity index is 2.18. The van der Waals surface area contributed by atoms with Crippen molar-refractivity contribution in [1.82, 2.24) is 0 Å². The third-order valence-electron chi connectivity index (χ3n) is 2.71. The van der Waals surface area contributed by atoms with Gasteiger partial charge in [-0.15, -0.1) is 0 Å². The first-order chi connectivity index (χ1) is 10.8. The van der Waals surface area contributed by atoms with Gasteiger partial charge in [0.25, 0.3) is 0 Å². The maximum Gasteiger partial charge on any atom is 0.339 e. The van der Waals surface area contributed by atoms with Crippen LogP contribution in [0.5, 0.6) is 5.75 Å². The number of rotatable bonds is 5. The van der Waals surface area contributed by atoms with Gasteiger partial charge in [-0.05, 0) is 36.4 Å². The summed E-state index contributed by atoms with van der Waals surface area (Å²) in [6.45, 7) is -0.166. The van der Waals surface area contributed by atoms with E-state index in [1.807, 2.05) is 0 Å². The minimum atomic E-state index is -4.03. The minimum absolute atomic E-state index is 0.0416. The number of carbonyl (C=O) groups is 1. The van der Waals surface area contributed by atoms with Crippen LogP contribution in [0.2, 0.25) is 10.0 Å². The van der Waals surface area contributed by atoms with Crippen molar-refractivity contribution < 1.29 is 17.4 Å². The first kappa shape index (κ1) is 17.6. The molecule has 0 spiro atoms.